The second-order valence-electron chi connectivity index (χ2n) is 6.11. The van der Waals surface area contributed by atoms with E-state index in [4.69, 9.17) is 5.73 Å². The summed E-state index contributed by atoms with van der Waals surface area (Å²) in [5, 5.41) is 0.744. The highest BCUT2D eigenvalue weighted by molar-refractivity contribution is 6.17. The molecule has 4 aromatic rings. The van der Waals surface area contributed by atoms with Crippen LogP contribution in [0.4, 0.5) is 17.6 Å². The second kappa shape index (κ2) is 6.12. The molecule has 0 aliphatic rings. The van der Waals surface area contributed by atoms with Crippen LogP contribution in [0.15, 0.2) is 48.5 Å². The molecule has 4 rings (SSSR count). The molecule has 3 aromatic carbocycles. The van der Waals surface area contributed by atoms with Gasteiger partial charge in [-0.1, -0.05) is 18.2 Å². The Hall–Kier alpha value is -3.35. The molecule has 7 heteroatoms. The monoisotopic (exact) mass is 372 g/mol. The normalized spacial score (nSPS) is 11.4. The first-order valence-electron chi connectivity index (χ1n) is 8.01. The van der Waals surface area contributed by atoms with E-state index >= 15 is 0 Å². The van der Waals surface area contributed by atoms with Crippen LogP contribution in [0.3, 0.4) is 0 Å². The fourth-order valence-corrected chi connectivity index (χ4v) is 3.40. The molecule has 27 heavy (non-hydrogen) atoms. The zero-order valence-electron chi connectivity index (χ0n) is 13.8. The Morgan fingerprint density at radius 3 is 2.33 bits per heavy atom. The number of primary amides is 1. The van der Waals surface area contributed by atoms with Crippen molar-refractivity contribution in [2.75, 3.05) is 0 Å². The molecule has 0 bridgehead atoms. The van der Waals surface area contributed by atoms with Gasteiger partial charge in [-0.05, 0) is 30.3 Å². The number of carbonyl (C=O) groups excluding carboxylic acids is 1. The molecule has 2 N–H and O–H groups in total. The maximum atomic E-state index is 14.6. The summed E-state index contributed by atoms with van der Waals surface area (Å²) in [6.07, 6.45) is 0. The van der Waals surface area contributed by atoms with Gasteiger partial charge < -0.3 is 10.3 Å². The van der Waals surface area contributed by atoms with Gasteiger partial charge in [0, 0.05) is 21.9 Å². The molecule has 0 atom stereocenters. The van der Waals surface area contributed by atoms with Gasteiger partial charge in [0.25, 0.3) is 0 Å². The molecule has 1 heterocycles. The molecule has 0 fully saturated rings. The molecule has 1 aromatic heterocycles. The lowest BCUT2D eigenvalue weighted by Crippen LogP contribution is -2.11. The van der Waals surface area contributed by atoms with Gasteiger partial charge in [-0.2, -0.15) is 0 Å². The van der Waals surface area contributed by atoms with Crippen LogP contribution in [0, 0.1) is 23.3 Å². The quantitative estimate of drug-likeness (QED) is 0.418. The minimum absolute atomic E-state index is 0.0456. The Balaban J connectivity index is 2.10. The van der Waals surface area contributed by atoms with Crippen molar-refractivity contribution in [2.45, 2.75) is 6.54 Å². The van der Waals surface area contributed by atoms with Crippen LogP contribution in [0.5, 0.6) is 0 Å². The number of halogens is 4. The fraction of sp³-hybridized carbons (Fsp3) is 0.0500. The lowest BCUT2D eigenvalue weighted by atomic mass is 10.1. The number of para-hydroxylation sites is 1. The van der Waals surface area contributed by atoms with Crippen molar-refractivity contribution in [3.63, 3.8) is 0 Å². The molecule has 3 nitrogen and oxygen atoms in total. The van der Waals surface area contributed by atoms with Crippen molar-refractivity contribution < 1.29 is 22.4 Å². The van der Waals surface area contributed by atoms with Crippen molar-refractivity contribution in [1.29, 1.82) is 0 Å². The predicted octanol–water partition coefficient (Wildman–Crippen LogP) is 4.50. The molecule has 0 spiro atoms. The summed E-state index contributed by atoms with van der Waals surface area (Å²) in [6.45, 7) is -0.460. The third-order valence-electron chi connectivity index (χ3n) is 4.58. The van der Waals surface area contributed by atoms with E-state index in [1.54, 1.807) is 12.1 Å². The van der Waals surface area contributed by atoms with Crippen LogP contribution in [0.25, 0.3) is 21.8 Å². The lowest BCUT2D eigenvalue weighted by Gasteiger charge is -2.11. The first-order valence-corrected chi connectivity index (χ1v) is 8.01. The average molecular weight is 372 g/mol. The van der Waals surface area contributed by atoms with Gasteiger partial charge in [0.1, 0.15) is 11.6 Å². The minimum Gasteiger partial charge on any atom is -0.366 e. The van der Waals surface area contributed by atoms with Crippen molar-refractivity contribution in [2.24, 2.45) is 5.73 Å². The summed E-state index contributed by atoms with van der Waals surface area (Å²) in [5.74, 6) is -4.85. The van der Waals surface area contributed by atoms with Gasteiger partial charge in [-0.3, -0.25) is 4.79 Å². The zero-order chi connectivity index (χ0) is 19.3. The topological polar surface area (TPSA) is 48.0 Å². The molecule has 0 radical (unpaired) electrons. The summed E-state index contributed by atoms with van der Waals surface area (Å²) >= 11 is 0. The zero-order valence-corrected chi connectivity index (χ0v) is 13.8. The number of nitrogens with zero attached hydrogens (tertiary/aromatic N) is 1. The van der Waals surface area contributed by atoms with Crippen molar-refractivity contribution in [1.82, 2.24) is 4.57 Å². The number of carbonyl (C=O) groups is 1. The Bertz CT molecular complexity index is 1230. The van der Waals surface area contributed by atoms with Crippen molar-refractivity contribution in [3.05, 3.63) is 82.9 Å². The van der Waals surface area contributed by atoms with E-state index < -0.39 is 41.3 Å². The molecular weight excluding hydrogens is 360 g/mol. The average Bonchev–Trinajstić information content (AvgIpc) is 2.97. The van der Waals surface area contributed by atoms with E-state index in [0.29, 0.717) is 22.4 Å². The van der Waals surface area contributed by atoms with Crippen LogP contribution in [-0.4, -0.2) is 10.5 Å². The molecule has 0 saturated carbocycles. The minimum atomic E-state index is -1.34. The first-order chi connectivity index (χ1) is 12.9. The lowest BCUT2D eigenvalue weighted by molar-refractivity contribution is 0.100. The SMILES string of the molecule is NC(=O)c1cccc2c1c1cccc(F)c1n2Cc1c(F)ccc(F)c1F. The third kappa shape index (κ3) is 2.54. The summed E-state index contributed by atoms with van der Waals surface area (Å²) < 4.78 is 57.8. The van der Waals surface area contributed by atoms with E-state index in [0.717, 1.165) is 6.07 Å². The van der Waals surface area contributed by atoms with Gasteiger partial charge >= 0.3 is 0 Å². The summed E-state index contributed by atoms with van der Waals surface area (Å²) in [5.41, 5.74) is 5.44. The third-order valence-corrected chi connectivity index (χ3v) is 4.58. The molecule has 0 aliphatic heterocycles. The molecule has 136 valence electrons. The van der Waals surface area contributed by atoms with Gasteiger partial charge in [0.2, 0.25) is 5.91 Å². The van der Waals surface area contributed by atoms with E-state index in [-0.39, 0.29) is 11.1 Å². The number of hydrogen-bond acceptors (Lipinski definition) is 1. The van der Waals surface area contributed by atoms with E-state index in [2.05, 4.69) is 0 Å². The van der Waals surface area contributed by atoms with Gasteiger partial charge in [0.15, 0.2) is 11.6 Å². The van der Waals surface area contributed by atoms with Crippen molar-refractivity contribution >= 4 is 27.7 Å². The molecule has 0 saturated heterocycles. The number of fused-ring (bicyclic) bond motifs is 3. The van der Waals surface area contributed by atoms with Crippen LogP contribution >= 0.6 is 0 Å². The first kappa shape index (κ1) is 17.1. The number of benzene rings is 3. The Morgan fingerprint density at radius 2 is 1.59 bits per heavy atom. The summed E-state index contributed by atoms with van der Waals surface area (Å²) in [7, 11) is 0. The Labute approximate surface area is 150 Å². The summed E-state index contributed by atoms with van der Waals surface area (Å²) in [4.78, 5) is 11.8. The molecular formula is C20H12F4N2O. The predicted molar refractivity (Wildman–Crippen MR) is 93.3 cm³/mol. The van der Waals surface area contributed by atoms with Gasteiger partial charge in [0.05, 0.1) is 17.6 Å². The van der Waals surface area contributed by atoms with Gasteiger partial charge in [-0.25, -0.2) is 17.6 Å². The smallest absolute Gasteiger partial charge is 0.249 e. The number of nitrogens with two attached hydrogens (primary N) is 1. The van der Waals surface area contributed by atoms with Crippen LogP contribution in [-0.2, 0) is 6.54 Å². The molecule has 1 amide bonds. The Morgan fingerprint density at radius 1 is 0.889 bits per heavy atom. The highest BCUT2D eigenvalue weighted by Crippen LogP contribution is 2.34. The number of rotatable bonds is 3. The van der Waals surface area contributed by atoms with E-state index in [9.17, 15) is 22.4 Å². The number of amides is 1. The molecule has 0 aliphatic carbocycles. The fourth-order valence-electron chi connectivity index (χ4n) is 3.40. The van der Waals surface area contributed by atoms with Crippen LogP contribution in [0.1, 0.15) is 15.9 Å². The maximum absolute atomic E-state index is 14.6. The van der Waals surface area contributed by atoms with Crippen molar-refractivity contribution in [3.8, 4) is 0 Å². The van der Waals surface area contributed by atoms with Crippen LogP contribution < -0.4 is 5.73 Å². The van der Waals surface area contributed by atoms with E-state index in [1.807, 2.05) is 0 Å². The van der Waals surface area contributed by atoms with E-state index in [1.165, 1.54) is 28.8 Å². The highest BCUT2D eigenvalue weighted by Gasteiger charge is 2.21. The number of hydrogen-bond donors (Lipinski definition) is 1. The standard InChI is InChI=1S/C20H12F4N2O/c21-13-7-8-14(22)18(24)12(13)9-26-16-6-2-4-11(20(25)27)17(16)10-3-1-5-15(23)19(10)26/h1-8H,9H2,(H2,25,27). The number of aromatic nitrogens is 1. The van der Waals surface area contributed by atoms with Crippen LogP contribution in [0.2, 0.25) is 0 Å². The Kier molecular flexibility index (Phi) is 3.87. The highest BCUT2D eigenvalue weighted by atomic mass is 19.2. The maximum Gasteiger partial charge on any atom is 0.249 e. The largest absolute Gasteiger partial charge is 0.366 e. The summed E-state index contributed by atoms with van der Waals surface area (Å²) in [6, 6.07) is 10.3. The van der Waals surface area contributed by atoms with Gasteiger partial charge in [-0.15, -0.1) is 0 Å². The molecule has 0 unspecified atom stereocenters. The second-order valence-corrected chi connectivity index (χ2v) is 6.11.